The molecule has 148 valence electrons. The second-order valence-electron chi connectivity index (χ2n) is 7.18. The molecule has 5 rings (SSSR count). The van der Waals surface area contributed by atoms with Gasteiger partial charge >= 0.3 is 0 Å². The Morgan fingerprint density at radius 3 is 2.70 bits per heavy atom. The van der Waals surface area contributed by atoms with Crippen molar-refractivity contribution in [1.82, 2.24) is 24.7 Å². The van der Waals surface area contributed by atoms with E-state index in [-0.39, 0.29) is 0 Å². The van der Waals surface area contributed by atoms with Crippen LogP contribution in [-0.4, -0.2) is 31.8 Å². The summed E-state index contributed by atoms with van der Waals surface area (Å²) in [7, 11) is 3.79. The highest BCUT2D eigenvalue weighted by Gasteiger charge is 2.16. The first-order valence-electron chi connectivity index (χ1n) is 9.73. The molecule has 0 spiro atoms. The zero-order valence-corrected chi connectivity index (χ0v) is 17.0. The lowest BCUT2D eigenvalue weighted by atomic mass is 9.96. The maximum atomic E-state index is 4.73. The van der Waals surface area contributed by atoms with Crippen molar-refractivity contribution in [2.45, 2.75) is 6.92 Å². The molecule has 0 unspecified atom stereocenters. The molecule has 0 amide bonds. The van der Waals surface area contributed by atoms with Crippen LogP contribution in [0.4, 0.5) is 17.6 Å². The second-order valence-corrected chi connectivity index (χ2v) is 7.18. The summed E-state index contributed by atoms with van der Waals surface area (Å²) in [6.07, 6.45) is 3.62. The third-order valence-corrected chi connectivity index (χ3v) is 5.22. The summed E-state index contributed by atoms with van der Waals surface area (Å²) >= 11 is 0. The number of hydrogen-bond donors (Lipinski definition) is 2. The summed E-state index contributed by atoms with van der Waals surface area (Å²) in [5, 5.41) is 13.1. The van der Waals surface area contributed by atoms with Gasteiger partial charge in [0.15, 0.2) is 5.82 Å². The summed E-state index contributed by atoms with van der Waals surface area (Å²) in [6.45, 7) is 2.12. The van der Waals surface area contributed by atoms with Gasteiger partial charge in [-0.15, -0.1) is 0 Å². The van der Waals surface area contributed by atoms with E-state index >= 15 is 0 Å². The average molecular weight is 395 g/mol. The van der Waals surface area contributed by atoms with Gasteiger partial charge in [0.25, 0.3) is 0 Å². The maximum Gasteiger partial charge on any atom is 0.222 e. The van der Waals surface area contributed by atoms with Crippen LogP contribution in [0.25, 0.3) is 32.9 Å². The van der Waals surface area contributed by atoms with Crippen molar-refractivity contribution in [3.8, 4) is 11.1 Å². The van der Waals surface area contributed by atoms with Crippen molar-refractivity contribution in [3.63, 3.8) is 0 Å². The van der Waals surface area contributed by atoms with Crippen molar-refractivity contribution in [1.29, 1.82) is 0 Å². The van der Waals surface area contributed by atoms with Crippen LogP contribution in [0.15, 0.2) is 60.9 Å². The monoisotopic (exact) mass is 395 g/mol. The van der Waals surface area contributed by atoms with E-state index in [2.05, 4.69) is 56.8 Å². The highest BCUT2D eigenvalue weighted by Crippen LogP contribution is 2.36. The lowest BCUT2D eigenvalue weighted by Gasteiger charge is -2.11. The number of aromatic nitrogens is 5. The molecule has 0 bridgehead atoms. The smallest absolute Gasteiger partial charge is 0.222 e. The molecule has 0 radical (unpaired) electrons. The van der Waals surface area contributed by atoms with Crippen LogP contribution < -0.4 is 10.6 Å². The molecule has 2 N–H and O–H groups in total. The van der Waals surface area contributed by atoms with E-state index in [1.165, 1.54) is 5.56 Å². The van der Waals surface area contributed by atoms with Crippen LogP contribution in [0.1, 0.15) is 5.56 Å². The van der Waals surface area contributed by atoms with E-state index in [9.17, 15) is 0 Å². The Labute approximate surface area is 173 Å². The SMILES string of the molecule is CNc1ncc2cc(-c3c(C)ccc4c(Nc5ccccn5)nn(C)c34)ccc2n1. The molecule has 0 aliphatic rings. The van der Waals surface area contributed by atoms with E-state index in [0.29, 0.717) is 5.95 Å². The standard InChI is InChI=1S/C23H21N7/c1-14-7-9-17-21(30(3)29-22(17)28-19-6-4-5-11-25-19)20(14)15-8-10-18-16(12-15)13-26-23(24-2)27-18/h4-13H,1-3H3,(H,24,26,27)(H,25,28,29). The lowest BCUT2D eigenvalue weighted by molar-refractivity contribution is 0.801. The van der Waals surface area contributed by atoms with Crippen LogP contribution in [0.2, 0.25) is 0 Å². The fourth-order valence-corrected chi connectivity index (χ4v) is 3.80. The molecule has 30 heavy (non-hydrogen) atoms. The molecule has 7 nitrogen and oxygen atoms in total. The number of aryl methyl sites for hydroxylation is 2. The number of pyridine rings is 1. The van der Waals surface area contributed by atoms with Gasteiger partial charge in [-0.3, -0.25) is 4.68 Å². The number of anilines is 3. The normalized spacial score (nSPS) is 11.2. The van der Waals surface area contributed by atoms with E-state index in [1.807, 2.05) is 49.2 Å². The van der Waals surface area contributed by atoms with Gasteiger partial charge in [0, 0.05) is 42.8 Å². The second kappa shape index (κ2) is 7.11. The summed E-state index contributed by atoms with van der Waals surface area (Å²) in [6, 6.07) is 16.3. The number of hydrogen-bond acceptors (Lipinski definition) is 6. The summed E-state index contributed by atoms with van der Waals surface area (Å²) in [5.74, 6) is 2.17. The first-order valence-corrected chi connectivity index (χ1v) is 9.73. The summed E-state index contributed by atoms with van der Waals surface area (Å²) in [5.41, 5.74) is 5.42. The van der Waals surface area contributed by atoms with Crippen molar-refractivity contribution in [2.24, 2.45) is 7.05 Å². The van der Waals surface area contributed by atoms with Gasteiger partial charge in [-0.2, -0.15) is 5.10 Å². The predicted molar refractivity (Wildman–Crippen MR) is 121 cm³/mol. The number of fused-ring (bicyclic) bond motifs is 2. The van der Waals surface area contributed by atoms with Crippen molar-refractivity contribution >= 4 is 39.4 Å². The van der Waals surface area contributed by atoms with Crippen LogP contribution in [0.5, 0.6) is 0 Å². The summed E-state index contributed by atoms with van der Waals surface area (Å²) < 4.78 is 1.92. The van der Waals surface area contributed by atoms with Crippen LogP contribution in [0, 0.1) is 6.92 Å². The molecular formula is C23H21N7. The van der Waals surface area contributed by atoms with Gasteiger partial charge in [0.1, 0.15) is 5.82 Å². The van der Waals surface area contributed by atoms with Crippen LogP contribution >= 0.6 is 0 Å². The van der Waals surface area contributed by atoms with E-state index in [4.69, 9.17) is 5.10 Å². The molecule has 3 heterocycles. The molecule has 7 heteroatoms. The van der Waals surface area contributed by atoms with Crippen LogP contribution in [0.3, 0.4) is 0 Å². The van der Waals surface area contributed by atoms with Gasteiger partial charge in [0.2, 0.25) is 5.95 Å². The van der Waals surface area contributed by atoms with Gasteiger partial charge in [-0.25, -0.2) is 15.0 Å². The van der Waals surface area contributed by atoms with Gasteiger partial charge in [-0.05, 0) is 48.4 Å². The fourth-order valence-electron chi connectivity index (χ4n) is 3.80. The Kier molecular flexibility index (Phi) is 4.28. The van der Waals surface area contributed by atoms with E-state index in [0.717, 1.165) is 44.6 Å². The molecule has 5 aromatic rings. The third-order valence-electron chi connectivity index (χ3n) is 5.22. The molecule has 0 saturated carbocycles. The highest BCUT2D eigenvalue weighted by molar-refractivity contribution is 6.03. The maximum absolute atomic E-state index is 4.73. The number of nitrogens with zero attached hydrogens (tertiary/aromatic N) is 5. The third kappa shape index (κ3) is 3.00. The van der Waals surface area contributed by atoms with Gasteiger partial charge < -0.3 is 10.6 Å². The van der Waals surface area contributed by atoms with E-state index in [1.54, 1.807) is 6.20 Å². The van der Waals surface area contributed by atoms with Crippen LogP contribution in [-0.2, 0) is 7.05 Å². The predicted octanol–water partition coefficient (Wildman–Crippen LogP) is 4.67. The molecule has 0 saturated heterocycles. The molecule has 0 atom stereocenters. The van der Waals surface area contributed by atoms with Crippen molar-refractivity contribution < 1.29 is 0 Å². The Balaban J connectivity index is 1.67. The zero-order chi connectivity index (χ0) is 20.7. The largest absolute Gasteiger partial charge is 0.357 e. The fraction of sp³-hybridized carbons (Fsp3) is 0.130. The molecule has 0 fully saturated rings. The Morgan fingerprint density at radius 1 is 1.00 bits per heavy atom. The molecule has 2 aromatic carbocycles. The molecule has 0 aliphatic carbocycles. The molecular weight excluding hydrogens is 374 g/mol. The topological polar surface area (TPSA) is 80.5 Å². The Morgan fingerprint density at radius 2 is 1.90 bits per heavy atom. The Hall–Kier alpha value is -4.00. The first-order chi connectivity index (χ1) is 14.6. The van der Waals surface area contributed by atoms with E-state index < -0.39 is 0 Å². The molecule has 0 aliphatic heterocycles. The number of rotatable bonds is 4. The average Bonchev–Trinajstić information content (AvgIpc) is 3.08. The quantitative estimate of drug-likeness (QED) is 0.460. The summed E-state index contributed by atoms with van der Waals surface area (Å²) in [4.78, 5) is 13.2. The minimum atomic E-state index is 0.616. The molecule has 3 aromatic heterocycles. The first kappa shape index (κ1) is 18.1. The Bertz CT molecular complexity index is 1370. The lowest BCUT2D eigenvalue weighted by Crippen LogP contribution is -1.97. The van der Waals surface area contributed by atoms with Gasteiger partial charge in [-0.1, -0.05) is 18.2 Å². The zero-order valence-electron chi connectivity index (χ0n) is 17.0. The van der Waals surface area contributed by atoms with Crippen molar-refractivity contribution in [2.75, 3.05) is 17.7 Å². The van der Waals surface area contributed by atoms with Crippen molar-refractivity contribution in [3.05, 3.63) is 66.5 Å². The minimum Gasteiger partial charge on any atom is -0.357 e. The highest BCUT2D eigenvalue weighted by atomic mass is 15.3. The van der Waals surface area contributed by atoms with Gasteiger partial charge in [0.05, 0.1) is 11.0 Å². The minimum absolute atomic E-state index is 0.616. The number of benzene rings is 2. The number of nitrogens with one attached hydrogen (secondary N) is 2.